The Labute approximate surface area is 145 Å². The van der Waals surface area contributed by atoms with Crippen molar-refractivity contribution in [2.45, 2.75) is 44.5 Å². The summed E-state index contributed by atoms with van der Waals surface area (Å²) < 4.78 is 9.55. The van der Waals surface area contributed by atoms with Gasteiger partial charge in [0.25, 0.3) is 0 Å². The molecular weight excluding hydrogens is 370 g/mol. The van der Waals surface area contributed by atoms with Crippen molar-refractivity contribution in [3.63, 3.8) is 0 Å². The zero-order chi connectivity index (χ0) is 17.9. The van der Waals surface area contributed by atoms with E-state index in [4.69, 9.17) is 19.2 Å². The SMILES string of the molecule is C=C(C)C(=O)OCCNC(=O)OCCCOOC(C)C(C)(C)Br. The lowest BCUT2D eigenvalue weighted by Crippen LogP contribution is -2.30. The van der Waals surface area contributed by atoms with Crippen molar-refractivity contribution in [2.75, 3.05) is 26.4 Å². The second-order valence-electron chi connectivity index (χ2n) is 5.46. The molecule has 0 aliphatic carbocycles. The van der Waals surface area contributed by atoms with Crippen LogP contribution in [0.5, 0.6) is 0 Å². The van der Waals surface area contributed by atoms with Crippen molar-refractivity contribution in [1.82, 2.24) is 5.32 Å². The Hall–Kier alpha value is -1.12. The molecule has 0 aromatic heterocycles. The summed E-state index contributed by atoms with van der Waals surface area (Å²) in [6, 6.07) is 0. The number of halogens is 1. The van der Waals surface area contributed by atoms with Gasteiger partial charge in [0.2, 0.25) is 0 Å². The number of alkyl carbamates (subject to hydrolysis) is 1. The first-order valence-corrected chi connectivity index (χ1v) is 8.14. The molecule has 0 spiro atoms. The van der Waals surface area contributed by atoms with Crippen molar-refractivity contribution in [2.24, 2.45) is 0 Å². The summed E-state index contributed by atoms with van der Waals surface area (Å²) in [6.07, 6.45) is -0.186. The van der Waals surface area contributed by atoms with Gasteiger partial charge < -0.3 is 14.8 Å². The lowest BCUT2D eigenvalue weighted by atomic mass is 10.1. The molecule has 7 nitrogen and oxygen atoms in total. The Morgan fingerprint density at radius 3 is 2.43 bits per heavy atom. The van der Waals surface area contributed by atoms with E-state index in [0.29, 0.717) is 18.6 Å². The first-order valence-electron chi connectivity index (χ1n) is 7.35. The fraction of sp³-hybridized carbons (Fsp3) is 0.733. The fourth-order valence-electron chi connectivity index (χ4n) is 1.02. The Morgan fingerprint density at radius 2 is 1.87 bits per heavy atom. The molecule has 0 fully saturated rings. The molecule has 23 heavy (non-hydrogen) atoms. The van der Waals surface area contributed by atoms with Crippen molar-refractivity contribution in [1.29, 1.82) is 0 Å². The van der Waals surface area contributed by atoms with E-state index >= 15 is 0 Å². The van der Waals surface area contributed by atoms with Gasteiger partial charge in [0, 0.05) is 16.3 Å². The van der Waals surface area contributed by atoms with E-state index in [-0.39, 0.29) is 30.2 Å². The summed E-state index contributed by atoms with van der Waals surface area (Å²) >= 11 is 3.47. The monoisotopic (exact) mass is 395 g/mol. The number of nitrogens with one attached hydrogen (secondary N) is 1. The fourth-order valence-corrected chi connectivity index (χ4v) is 1.09. The van der Waals surface area contributed by atoms with Crippen LogP contribution in [-0.4, -0.2) is 48.9 Å². The molecular formula is C15H26BrNO6. The highest BCUT2D eigenvalue weighted by Gasteiger charge is 2.23. The number of amides is 1. The number of hydrogen-bond acceptors (Lipinski definition) is 6. The van der Waals surface area contributed by atoms with E-state index in [1.54, 1.807) is 6.92 Å². The number of rotatable bonds is 11. The van der Waals surface area contributed by atoms with Gasteiger partial charge in [-0.3, -0.25) is 0 Å². The molecule has 0 aromatic rings. The molecule has 134 valence electrons. The van der Waals surface area contributed by atoms with Gasteiger partial charge in [0.1, 0.15) is 12.7 Å². The van der Waals surface area contributed by atoms with Crippen LogP contribution in [0.4, 0.5) is 4.79 Å². The van der Waals surface area contributed by atoms with Gasteiger partial charge in [-0.15, -0.1) is 0 Å². The van der Waals surface area contributed by atoms with Crippen molar-refractivity contribution >= 4 is 28.0 Å². The third-order valence-corrected chi connectivity index (χ3v) is 3.38. The Morgan fingerprint density at radius 1 is 1.22 bits per heavy atom. The largest absolute Gasteiger partial charge is 0.460 e. The van der Waals surface area contributed by atoms with Crippen LogP contribution in [0.15, 0.2) is 12.2 Å². The summed E-state index contributed by atoms with van der Waals surface area (Å²) in [7, 11) is 0. The van der Waals surface area contributed by atoms with Gasteiger partial charge >= 0.3 is 12.1 Å². The summed E-state index contributed by atoms with van der Waals surface area (Å²) in [4.78, 5) is 32.6. The second kappa shape index (κ2) is 11.4. The molecule has 1 atom stereocenters. The van der Waals surface area contributed by atoms with Gasteiger partial charge in [0.05, 0.1) is 19.8 Å². The molecule has 1 amide bonds. The molecule has 0 saturated carbocycles. The summed E-state index contributed by atoms with van der Waals surface area (Å²) in [5.41, 5.74) is 0.312. The predicted octanol–water partition coefficient (Wildman–Crippen LogP) is 2.73. The average molecular weight is 396 g/mol. The van der Waals surface area contributed by atoms with Gasteiger partial charge in [-0.05, 0) is 27.7 Å². The number of hydrogen-bond donors (Lipinski definition) is 1. The van der Waals surface area contributed by atoms with Gasteiger partial charge in [-0.25, -0.2) is 19.4 Å². The molecule has 8 heteroatoms. The van der Waals surface area contributed by atoms with Gasteiger partial charge in [-0.2, -0.15) is 0 Å². The smallest absolute Gasteiger partial charge is 0.407 e. The maximum absolute atomic E-state index is 11.3. The van der Waals surface area contributed by atoms with Crippen LogP contribution in [0, 0.1) is 0 Å². The van der Waals surface area contributed by atoms with Crippen molar-refractivity contribution < 1.29 is 28.8 Å². The van der Waals surface area contributed by atoms with Crippen LogP contribution in [0.2, 0.25) is 0 Å². The standard InChI is InChI=1S/C15H26BrNO6/c1-11(2)13(18)20-10-7-17-14(19)21-8-6-9-22-23-12(3)15(4,5)16/h12H,1,6-10H2,2-5H3,(H,17,19). The van der Waals surface area contributed by atoms with Crippen LogP contribution in [0.25, 0.3) is 0 Å². The predicted molar refractivity (Wildman–Crippen MR) is 89.2 cm³/mol. The van der Waals surface area contributed by atoms with Crippen molar-refractivity contribution in [3.05, 3.63) is 12.2 Å². The number of alkyl halides is 1. The average Bonchev–Trinajstić information content (AvgIpc) is 2.45. The van der Waals surface area contributed by atoms with Crippen LogP contribution in [0.1, 0.15) is 34.1 Å². The van der Waals surface area contributed by atoms with Crippen molar-refractivity contribution in [3.8, 4) is 0 Å². The number of carbonyl (C=O) groups is 2. The molecule has 0 aliphatic rings. The molecule has 1 N–H and O–H groups in total. The maximum atomic E-state index is 11.3. The van der Waals surface area contributed by atoms with E-state index in [9.17, 15) is 9.59 Å². The van der Waals surface area contributed by atoms with E-state index in [1.807, 2.05) is 20.8 Å². The summed E-state index contributed by atoms with van der Waals surface area (Å²) in [6.45, 7) is 11.6. The molecule has 0 aliphatic heterocycles. The third-order valence-electron chi connectivity index (χ3n) is 2.74. The maximum Gasteiger partial charge on any atom is 0.407 e. The molecule has 0 aromatic carbocycles. The number of esters is 1. The van der Waals surface area contributed by atoms with Gasteiger partial charge in [0.15, 0.2) is 0 Å². The lowest BCUT2D eigenvalue weighted by molar-refractivity contribution is -0.325. The van der Waals surface area contributed by atoms with Gasteiger partial charge in [-0.1, -0.05) is 22.5 Å². The summed E-state index contributed by atoms with van der Waals surface area (Å²) in [5.74, 6) is -0.488. The molecule has 0 saturated heterocycles. The Bertz CT molecular complexity index is 394. The Kier molecular flexibility index (Phi) is 10.9. The first kappa shape index (κ1) is 21.9. The highest BCUT2D eigenvalue weighted by Crippen LogP contribution is 2.23. The molecule has 0 heterocycles. The lowest BCUT2D eigenvalue weighted by Gasteiger charge is -2.23. The van der Waals surface area contributed by atoms with Crippen LogP contribution < -0.4 is 5.32 Å². The normalized spacial score (nSPS) is 12.4. The highest BCUT2D eigenvalue weighted by molar-refractivity contribution is 9.10. The van der Waals surface area contributed by atoms with E-state index < -0.39 is 12.1 Å². The topological polar surface area (TPSA) is 83.1 Å². The Balaban J connectivity index is 3.51. The second-order valence-corrected chi connectivity index (χ2v) is 7.50. The minimum absolute atomic E-state index is 0.0674. The third kappa shape index (κ3) is 12.0. The van der Waals surface area contributed by atoms with Crippen LogP contribution >= 0.6 is 15.9 Å². The van der Waals surface area contributed by atoms with E-state index in [1.165, 1.54) is 0 Å². The quantitative estimate of drug-likeness (QED) is 0.144. The zero-order valence-electron chi connectivity index (χ0n) is 14.1. The minimum atomic E-state index is -0.577. The minimum Gasteiger partial charge on any atom is -0.460 e. The number of carbonyl (C=O) groups excluding carboxylic acids is 2. The van der Waals surface area contributed by atoms with E-state index in [2.05, 4.69) is 27.8 Å². The molecule has 0 bridgehead atoms. The number of ether oxygens (including phenoxy) is 2. The van der Waals surface area contributed by atoms with Crippen LogP contribution in [0.3, 0.4) is 0 Å². The highest BCUT2D eigenvalue weighted by atomic mass is 79.9. The molecule has 0 radical (unpaired) electrons. The summed E-state index contributed by atoms with van der Waals surface area (Å²) in [5, 5.41) is 2.46. The molecule has 0 rings (SSSR count). The first-order chi connectivity index (χ1) is 10.6. The molecule has 1 unspecified atom stereocenters. The van der Waals surface area contributed by atoms with E-state index in [0.717, 1.165) is 0 Å². The van der Waals surface area contributed by atoms with Crippen LogP contribution in [-0.2, 0) is 24.0 Å². The zero-order valence-corrected chi connectivity index (χ0v) is 15.7.